The van der Waals surface area contributed by atoms with E-state index in [1.165, 1.54) is 6.07 Å². The van der Waals surface area contributed by atoms with E-state index in [0.29, 0.717) is 16.3 Å². The smallest absolute Gasteiger partial charge is 0.131 e. The Kier molecular flexibility index (Phi) is 4.12. The third kappa shape index (κ3) is 3.53. The number of ether oxygens (including phenoxy) is 1. The largest absolute Gasteiger partial charge is 0.488 e. The summed E-state index contributed by atoms with van der Waals surface area (Å²) in [6, 6.07) is 4.22. The van der Waals surface area contributed by atoms with Gasteiger partial charge in [-0.15, -0.1) is 0 Å². The van der Waals surface area contributed by atoms with E-state index in [-0.39, 0.29) is 18.5 Å². The molecule has 0 aliphatic heterocycles. The van der Waals surface area contributed by atoms with Gasteiger partial charge in [-0.3, -0.25) is 0 Å². The molecule has 1 atom stereocenters. The number of hydrogen-bond donors (Lipinski definition) is 1. The van der Waals surface area contributed by atoms with Crippen molar-refractivity contribution in [2.24, 2.45) is 5.73 Å². The molecular weight excluding hydrogens is 217 g/mol. The molecule has 2 nitrogen and oxygen atoms in total. The average Bonchev–Trinajstić information content (AvgIpc) is 2.14. The summed E-state index contributed by atoms with van der Waals surface area (Å²) in [5, 5.41) is 0.367. The van der Waals surface area contributed by atoms with Crippen LogP contribution in [0.15, 0.2) is 29.8 Å². The maximum absolute atomic E-state index is 13.4. The van der Waals surface area contributed by atoms with Gasteiger partial charge in [-0.2, -0.15) is 0 Å². The van der Waals surface area contributed by atoms with Crippen LogP contribution in [0.25, 0.3) is 0 Å². The molecule has 4 heteroatoms. The van der Waals surface area contributed by atoms with Crippen molar-refractivity contribution in [3.8, 4) is 5.75 Å². The summed E-state index contributed by atoms with van der Waals surface area (Å²) >= 11 is 5.52. The first-order valence-corrected chi connectivity index (χ1v) is 4.89. The Bertz CT molecular complexity index is 366. The Morgan fingerprint density at radius 2 is 2.33 bits per heavy atom. The normalized spacial score (nSPS) is 12.3. The Morgan fingerprint density at radius 3 is 2.80 bits per heavy atom. The summed E-state index contributed by atoms with van der Waals surface area (Å²) < 4.78 is 18.6. The molecule has 82 valence electrons. The third-order valence-corrected chi connectivity index (χ3v) is 1.97. The van der Waals surface area contributed by atoms with Gasteiger partial charge in [-0.1, -0.05) is 24.2 Å². The predicted molar refractivity (Wildman–Crippen MR) is 59.5 cm³/mol. The number of halogens is 2. The van der Waals surface area contributed by atoms with Gasteiger partial charge < -0.3 is 10.5 Å². The predicted octanol–water partition coefficient (Wildman–Crippen LogP) is 2.98. The Labute approximate surface area is 93.5 Å². The molecule has 0 heterocycles. The molecule has 0 aromatic heterocycles. The number of hydrogen-bond acceptors (Lipinski definition) is 2. The van der Waals surface area contributed by atoms with Gasteiger partial charge >= 0.3 is 0 Å². The van der Waals surface area contributed by atoms with Gasteiger partial charge in [0.25, 0.3) is 0 Å². The Balaban J connectivity index is 2.77. The van der Waals surface area contributed by atoms with E-state index >= 15 is 0 Å². The summed E-state index contributed by atoms with van der Waals surface area (Å²) in [5.41, 5.74) is 6.04. The second-order valence-corrected chi connectivity index (χ2v) is 3.81. The highest BCUT2D eigenvalue weighted by Crippen LogP contribution is 2.21. The van der Waals surface area contributed by atoms with Crippen molar-refractivity contribution in [3.05, 3.63) is 41.2 Å². The van der Waals surface area contributed by atoms with E-state index in [9.17, 15) is 4.39 Å². The van der Waals surface area contributed by atoms with E-state index in [2.05, 4.69) is 6.58 Å². The van der Waals surface area contributed by atoms with Gasteiger partial charge in [0.1, 0.15) is 18.2 Å². The lowest BCUT2D eigenvalue weighted by molar-refractivity contribution is 0.356. The summed E-state index contributed by atoms with van der Waals surface area (Å²) in [4.78, 5) is 0. The molecular formula is C11H13ClFNO. The highest BCUT2D eigenvalue weighted by Gasteiger charge is 2.07. The zero-order valence-electron chi connectivity index (χ0n) is 8.47. The molecule has 1 aromatic rings. The average molecular weight is 230 g/mol. The molecule has 0 spiro atoms. The third-order valence-electron chi connectivity index (χ3n) is 1.86. The maximum atomic E-state index is 13.4. The lowest BCUT2D eigenvalue weighted by atomic mass is 10.1. The zero-order valence-corrected chi connectivity index (χ0v) is 9.22. The van der Waals surface area contributed by atoms with E-state index in [4.69, 9.17) is 22.1 Å². The molecule has 0 amide bonds. The SMILES string of the molecule is C=C(Cl)COc1ccc([C@@H](C)N)c(F)c1. The van der Waals surface area contributed by atoms with Gasteiger partial charge in [0.05, 0.1) is 0 Å². The first-order valence-electron chi connectivity index (χ1n) is 4.52. The number of nitrogens with two attached hydrogens (primary N) is 1. The molecule has 0 aliphatic carbocycles. The van der Waals surface area contributed by atoms with Crippen molar-refractivity contribution in [3.63, 3.8) is 0 Å². The van der Waals surface area contributed by atoms with E-state index in [1.807, 2.05) is 0 Å². The summed E-state index contributed by atoms with van der Waals surface area (Å²) in [6.45, 7) is 5.35. The van der Waals surface area contributed by atoms with E-state index in [0.717, 1.165) is 0 Å². The molecule has 0 saturated heterocycles. The quantitative estimate of drug-likeness (QED) is 0.862. The Morgan fingerprint density at radius 1 is 1.67 bits per heavy atom. The highest BCUT2D eigenvalue weighted by molar-refractivity contribution is 6.29. The number of rotatable bonds is 4. The Hall–Kier alpha value is -1.06. The highest BCUT2D eigenvalue weighted by atomic mass is 35.5. The van der Waals surface area contributed by atoms with Crippen LogP contribution < -0.4 is 10.5 Å². The van der Waals surface area contributed by atoms with Crippen LogP contribution in [0.4, 0.5) is 4.39 Å². The molecule has 1 rings (SSSR count). The van der Waals surface area contributed by atoms with Crippen LogP contribution in [-0.2, 0) is 0 Å². The van der Waals surface area contributed by atoms with E-state index in [1.54, 1.807) is 19.1 Å². The minimum Gasteiger partial charge on any atom is -0.488 e. The van der Waals surface area contributed by atoms with Crippen molar-refractivity contribution in [2.45, 2.75) is 13.0 Å². The lowest BCUT2D eigenvalue weighted by Crippen LogP contribution is -2.07. The summed E-state index contributed by atoms with van der Waals surface area (Å²) in [7, 11) is 0. The molecule has 0 saturated carbocycles. The van der Waals surface area contributed by atoms with Gasteiger partial charge in [0.15, 0.2) is 0 Å². The van der Waals surface area contributed by atoms with Gasteiger partial charge in [-0.25, -0.2) is 4.39 Å². The first kappa shape index (κ1) is 12.0. The summed E-state index contributed by atoms with van der Waals surface area (Å²) in [5.74, 6) is 0.0429. The molecule has 0 unspecified atom stereocenters. The van der Waals surface area contributed by atoms with Crippen molar-refractivity contribution in [1.29, 1.82) is 0 Å². The van der Waals surface area contributed by atoms with Crippen LogP contribution >= 0.6 is 11.6 Å². The van der Waals surface area contributed by atoms with Crippen molar-refractivity contribution < 1.29 is 9.13 Å². The molecule has 15 heavy (non-hydrogen) atoms. The second kappa shape index (κ2) is 5.14. The van der Waals surface area contributed by atoms with Gasteiger partial charge in [-0.05, 0) is 13.0 Å². The lowest BCUT2D eigenvalue weighted by Gasteiger charge is -2.09. The van der Waals surface area contributed by atoms with Crippen molar-refractivity contribution >= 4 is 11.6 Å². The molecule has 0 aliphatic rings. The van der Waals surface area contributed by atoms with E-state index < -0.39 is 0 Å². The van der Waals surface area contributed by atoms with Crippen molar-refractivity contribution in [2.75, 3.05) is 6.61 Å². The molecule has 0 bridgehead atoms. The van der Waals surface area contributed by atoms with Crippen LogP contribution in [0.1, 0.15) is 18.5 Å². The van der Waals surface area contributed by atoms with Gasteiger partial charge in [0.2, 0.25) is 0 Å². The number of benzene rings is 1. The van der Waals surface area contributed by atoms with Gasteiger partial charge in [0, 0.05) is 22.7 Å². The fourth-order valence-electron chi connectivity index (χ4n) is 1.13. The van der Waals surface area contributed by atoms with Crippen LogP contribution in [0.2, 0.25) is 0 Å². The molecule has 0 radical (unpaired) electrons. The molecule has 0 fully saturated rings. The minimum absolute atomic E-state index is 0.165. The minimum atomic E-state index is -0.373. The fraction of sp³-hybridized carbons (Fsp3) is 0.273. The maximum Gasteiger partial charge on any atom is 0.131 e. The van der Waals surface area contributed by atoms with Crippen LogP contribution in [0, 0.1) is 5.82 Å². The van der Waals surface area contributed by atoms with Crippen LogP contribution in [-0.4, -0.2) is 6.61 Å². The van der Waals surface area contributed by atoms with Crippen LogP contribution in [0.3, 0.4) is 0 Å². The molecule has 1 aromatic carbocycles. The zero-order chi connectivity index (χ0) is 11.4. The standard InChI is InChI=1S/C11H13ClFNO/c1-7(12)6-15-9-3-4-10(8(2)14)11(13)5-9/h3-5,8H,1,6,14H2,2H3/t8-/m1/s1. The first-order chi connectivity index (χ1) is 7.00. The molecule has 2 N–H and O–H groups in total. The fourth-order valence-corrected chi connectivity index (χ4v) is 1.18. The summed E-state index contributed by atoms with van der Waals surface area (Å²) in [6.07, 6.45) is 0. The second-order valence-electron chi connectivity index (χ2n) is 3.28. The van der Waals surface area contributed by atoms with Crippen molar-refractivity contribution in [1.82, 2.24) is 0 Å². The topological polar surface area (TPSA) is 35.2 Å². The van der Waals surface area contributed by atoms with Crippen LogP contribution in [0.5, 0.6) is 5.75 Å². The monoisotopic (exact) mass is 229 g/mol.